The summed E-state index contributed by atoms with van der Waals surface area (Å²) >= 11 is 0. The first-order chi connectivity index (χ1) is 26.4. The number of hydrogen-bond donors (Lipinski definition) is 2. The first-order valence-corrected chi connectivity index (χ1v) is 18.7. The molecule has 13 nitrogen and oxygen atoms in total. The van der Waals surface area contributed by atoms with Crippen LogP contribution in [0.3, 0.4) is 0 Å². The summed E-state index contributed by atoms with van der Waals surface area (Å²) in [7, 11) is 0. The molecule has 2 aromatic carbocycles. The summed E-state index contributed by atoms with van der Waals surface area (Å²) in [4.78, 5) is 55.4. The zero-order chi connectivity index (χ0) is 36.8. The molecule has 0 aliphatic carbocycles. The van der Waals surface area contributed by atoms with E-state index in [4.69, 9.17) is 10.1 Å². The molecule has 4 aliphatic rings. The molecule has 0 bridgehead atoms. The molecule has 7 heterocycles. The van der Waals surface area contributed by atoms with Crippen LogP contribution in [0, 0.1) is 5.82 Å². The number of pyridine rings is 1. The number of halogens is 1. The monoisotopic (exact) mass is 728 g/mol. The Labute approximate surface area is 311 Å². The number of benzene rings is 2. The number of rotatable bonds is 9. The molecule has 14 heteroatoms. The van der Waals surface area contributed by atoms with Gasteiger partial charge in [-0.1, -0.05) is 24.3 Å². The average molecular weight is 729 g/mol. The molecule has 0 saturated carbocycles. The lowest BCUT2D eigenvalue weighted by atomic mass is 10.0. The predicted molar refractivity (Wildman–Crippen MR) is 202 cm³/mol. The fraction of sp³-hybridized carbons (Fsp3) is 0.350. The number of nitrogens with zero attached hydrogens (tertiary/aromatic N) is 8. The van der Waals surface area contributed by atoms with Crippen LogP contribution in [0.4, 0.5) is 21.7 Å². The molecular formula is C40H41FN10O3. The maximum Gasteiger partial charge on any atom is 0.255 e. The largest absolute Gasteiger partial charge is 0.384 e. The van der Waals surface area contributed by atoms with Gasteiger partial charge in [-0.15, -0.1) is 5.10 Å². The molecule has 0 spiro atoms. The summed E-state index contributed by atoms with van der Waals surface area (Å²) < 4.78 is 15.9. The van der Waals surface area contributed by atoms with Gasteiger partial charge < -0.3 is 20.0 Å². The van der Waals surface area contributed by atoms with Gasteiger partial charge in [0.25, 0.3) is 5.91 Å². The lowest BCUT2D eigenvalue weighted by molar-refractivity contribution is -0.136. The van der Waals surface area contributed by atoms with Crippen LogP contribution in [0.5, 0.6) is 0 Å². The third-order valence-corrected chi connectivity index (χ3v) is 11.1. The molecule has 2 atom stereocenters. The van der Waals surface area contributed by atoms with Crippen LogP contribution in [-0.4, -0.2) is 99.0 Å². The molecule has 5 aromatic rings. The van der Waals surface area contributed by atoms with Crippen molar-refractivity contribution in [1.82, 2.24) is 34.7 Å². The van der Waals surface area contributed by atoms with E-state index in [0.29, 0.717) is 18.5 Å². The van der Waals surface area contributed by atoms with Crippen LogP contribution >= 0.6 is 0 Å². The highest BCUT2D eigenvalue weighted by molar-refractivity contribution is 6.05. The van der Waals surface area contributed by atoms with Gasteiger partial charge in [0.05, 0.1) is 17.9 Å². The quantitative estimate of drug-likeness (QED) is 0.212. The highest BCUT2D eigenvalue weighted by Gasteiger charge is 2.39. The van der Waals surface area contributed by atoms with Crippen molar-refractivity contribution in [3.8, 4) is 11.4 Å². The standard InChI is InChI=1S/C40H41FN10O3/c41-28-5-1-4-26(22-28)32-7-3-16-49(32)37-13-12-35-43-24-34(51(35)46-37)31-6-2-8-36(44-31)48-20-18-47(19-21-48)17-15-42-29-10-9-27-25-50(40(54)30(27)23-29)33-11-14-38(52)45-39(33)53/h1-2,4-6,8-10,12-13,22-24,32-33,42H,3,7,11,14-21,25H2,(H,45,52,53). The van der Waals surface area contributed by atoms with Crippen molar-refractivity contribution in [2.45, 2.75) is 44.3 Å². The molecule has 276 valence electrons. The summed E-state index contributed by atoms with van der Waals surface area (Å²) in [5.74, 6) is 0.662. The Morgan fingerprint density at radius 1 is 0.852 bits per heavy atom. The van der Waals surface area contributed by atoms with Gasteiger partial charge in [-0.05, 0) is 78.9 Å². The van der Waals surface area contributed by atoms with E-state index in [1.807, 2.05) is 65.3 Å². The molecule has 2 N–H and O–H groups in total. The lowest BCUT2D eigenvalue weighted by Gasteiger charge is -2.35. The number of nitrogens with one attached hydrogen (secondary N) is 2. The smallest absolute Gasteiger partial charge is 0.255 e. The summed E-state index contributed by atoms with van der Waals surface area (Å²) in [6, 6.07) is 22.2. The van der Waals surface area contributed by atoms with Crippen molar-refractivity contribution in [3.63, 3.8) is 0 Å². The van der Waals surface area contributed by atoms with Crippen molar-refractivity contribution in [1.29, 1.82) is 0 Å². The highest BCUT2D eigenvalue weighted by Crippen LogP contribution is 2.36. The lowest BCUT2D eigenvalue weighted by Crippen LogP contribution is -2.52. The van der Waals surface area contributed by atoms with Crippen molar-refractivity contribution >= 4 is 40.7 Å². The Kier molecular flexibility index (Phi) is 8.89. The zero-order valence-electron chi connectivity index (χ0n) is 29.8. The number of hydrogen-bond acceptors (Lipinski definition) is 10. The summed E-state index contributed by atoms with van der Waals surface area (Å²) in [5, 5.41) is 10.8. The van der Waals surface area contributed by atoms with E-state index in [-0.39, 0.29) is 30.1 Å². The molecule has 0 radical (unpaired) electrons. The summed E-state index contributed by atoms with van der Waals surface area (Å²) in [6.45, 7) is 6.25. The van der Waals surface area contributed by atoms with E-state index in [0.717, 1.165) is 104 Å². The first kappa shape index (κ1) is 33.9. The van der Waals surface area contributed by atoms with Crippen LogP contribution in [-0.2, 0) is 16.1 Å². The Bertz CT molecular complexity index is 2250. The SMILES string of the molecule is O=C1CCC(N2Cc3ccc(NCCN4CCN(c5cccc(-c6cnc7ccc(N8CCCC8c8cccc(F)c8)nn67)n5)CC4)cc3C2=O)C(=O)N1. The fourth-order valence-electron chi connectivity index (χ4n) is 8.26. The minimum atomic E-state index is -0.616. The molecule has 3 saturated heterocycles. The number of amides is 3. The topological polar surface area (TPSA) is 131 Å². The van der Waals surface area contributed by atoms with E-state index in [2.05, 4.69) is 30.3 Å². The predicted octanol–water partition coefficient (Wildman–Crippen LogP) is 4.27. The van der Waals surface area contributed by atoms with E-state index in [1.165, 1.54) is 6.07 Å². The second-order valence-electron chi connectivity index (χ2n) is 14.4. The minimum Gasteiger partial charge on any atom is -0.384 e. The van der Waals surface area contributed by atoms with E-state index in [1.54, 1.807) is 17.0 Å². The highest BCUT2D eigenvalue weighted by atomic mass is 19.1. The number of imidazole rings is 1. The van der Waals surface area contributed by atoms with Crippen molar-refractivity contribution in [2.75, 3.05) is 60.9 Å². The number of fused-ring (bicyclic) bond motifs is 2. The molecule has 9 rings (SSSR count). The van der Waals surface area contributed by atoms with E-state index in [9.17, 15) is 18.8 Å². The van der Waals surface area contributed by atoms with Gasteiger partial charge in [-0.2, -0.15) is 0 Å². The van der Waals surface area contributed by atoms with Gasteiger partial charge in [0.1, 0.15) is 29.2 Å². The van der Waals surface area contributed by atoms with Gasteiger partial charge in [-0.25, -0.2) is 18.9 Å². The molecule has 3 aromatic heterocycles. The Morgan fingerprint density at radius 2 is 1.72 bits per heavy atom. The number of imide groups is 1. The van der Waals surface area contributed by atoms with Crippen LogP contribution in [0.15, 0.2) is 79.0 Å². The van der Waals surface area contributed by atoms with Gasteiger partial charge in [0.2, 0.25) is 11.8 Å². The van der Waals surface area contributed by atoms with Gasteiger partial charge in [0, 0.05) is 70.0 Å². The second kappa shape index (κ2) is 14.2. The van der Waals surface area contributed by atoms with Gasteiger partial charge >= 0.3 is 0 Å². The Hall–Kier alpha value is -5.89. The van der Waals surface area contributed by atoms with Crippen LogP contribution in [0.1, 0.15) is 53.2 Å². The van der Waals surface area contributed by atoms with Crippen LogP contribution in [0.2, 0.25) is 0 Å². The molecular weight excluding hydrogens is 688 g/mol. The van der Waals surface area contributed by atoms with Gasteiger partial charge in [-0.3, -0.25) is 24.6 Å². The zero-order valence-corrected chi connectivity index (χ0v) is 29.8. The molecule has 54 heavy (non-hydrogen) atoms. The Balaban J connectivity index is 0.808. The normalized spacial score (nSPS) is 20.5. The van der Waals surface area contributed by atoms with Crippen LogP contribution in [0.25, 0.3) is 17.0 Å². The first-order valence-electron chi connectivity index (χ1n) is 18.7. The molecule has 3 fully saturated rings. The average Bonchev–Trinajstić information content (AvgIpc) is 3.93. The van der Waals surface area contributed by atoms with Crippen molar-refractivity contribution in [2.24, 2.45) is 0 Å². The number of piperazine rings is 1. The maximum atomic E-state index is 14.1. The number of anilines is 3. The number of carbonyl (C=O) groups excluding carboxylic acids is 3. The fourth-order valence-corrected chi connectivity index (χ4v) is 8.26. The molecule has 4 aliphatic heterocycles. The third-order valence-electron chi connectivity index (χ3n) is 11.1. The maximum absolute atomic E-state index is 14.1. The summed E-state index contributed by atoms with van der Waals surface area (Å²) in [5.41, 5.74) is 5.69. The molecule has 2 unspecified atom stereocenters. The van der Waals surface area contributed by atoms with Crippen LogP contribution < -0.4 is 20.4 Å². The van der Waals surface area contributed by atoms with Gasteiger partial charge in [0.15, 0.2) is 5.65 Å². The second-order valence-corrected chi connectivity index (χ2v) is 14.4. The van der Waals surface area contributed by atoms with E-state index >= 15 is 0 Å². The third kappa shape index (κ3) is 6.50. The number of carbonyl (C=O) groups is 3. The summed E-state index contributed by atoms with van der Waals surface area (Å²) in [6.07, 6.45) is 4.37. The Morgan fingerprint density at radius 3 is 2.57 bits per heavy atom. The van der Waals surface area contributed by atoms with Crippen molar-refractivity contribution in [3.05, 3.63) is 102 Å². The van der Waals surface area contributed by atoms with Crippen molar-refractivity contribution < 1.29 is 18.8 Å². The molecule has 3 amide bonds. The minimum absolute atomic E-state index is 0.0677. The number of piperidine rings is 1. The number of aromatic nitrogens is 4. The van der Waals surface area contributed by atoms with E-state index < -0.39 is 11.9 Å².